The minimum atomic E-state index is -0.782. The van der Waals surface area contributed by atoms with E-state index < -0.39 is 5.97 Å². The Bertz CT molecular complexity index is 238. The van der Waals surface area contributed by atoms with Crippen LogP contribution >= 0.6 is 11.8 Å². The SMILES string of the molecule is O=C(O)CCSCc1nn[nH]n1. The van der Waals surface area contributed by atoms with Crippen molar-refractivity contribution in [1.82, 2.24) is 20.6 Å². The Balaban J connectivity index is 2.07. The molecule has 0 aliphatic rings. The molecule has 6 nitrogen and oxygen atoms in total. The number of aliphatic carboxylic acids is 1. The summed E-state index contributed by atoms with van der Waals surface area (Å²) in [5.74, 6) is 0.995. The van der Waals surface area contributed by atoms with E-state index in [1.165, 1.54) is 11.8 Å². The zero-order valence-corrected chi connectivity index (χ0v) is 7.04. The summed E-state index contributed by atoms with van der Waals surface area (Å²) in [5, 5.41) is 21.4. The number of aromatic amines is 1. The van der Waals surface area contributed by atoms with Gasteiger partial charge < -0.3 is 5.11 Å². The summed E-state index contributed by atoms with van der Waals surface area (Å²) in [4.78, 5) is 10.1. The topological polar surface area (TPSA) is 91.8 Å². The van der Waals surface area contributed by atoms with Gasteiger partial charge in [-0.05, 0) is 0 Å². The Morgan fingerprint density at radius 1 is 1.67 bits per heavy atom. The lowest BCUT2D eigenvalue weighted by Crippen LogP contribution is -1.96. The Hall–Kier alpha value is -1.11. The van der Waals surface area contributed by atoms with E-state index in [1.807, 2.05) is 0 Å². The quantitative estimate of drug-likeness (QED) is 0.627. The van der Waals surface area contributed by atoms with Gasteiger partial charge in [-0.2, -0.15) is 17.0 Å². The van der Waals surface area contributed by atoms with Gasteiger partial charge in [-0.15, -0.1) is 10.2 Å². The highest BCUT2D eigenvalue weighted by atomic mass is 32.2. The molecule has 0 spiro atoms. The Labute approximate surface area is 72.7 Å². The molecule has 0 aliphatic heterocycles. The summed E-state index contributed by atoms with van der Waals surface area (Å²) < 4.78 is 0. The first-order valence-electron chi connectivity index (χ1n) is 3.31. The number of nitrogens with one attached hydrogen (secondary N) is 1. The van der Waals surface area contributed by atoms with Crippen LogP contribution in [0.25, 0.3) is 0 Å². The number of aromatic nitrogens is 4. The maximum Gasteiger partial charge on any atom is 0.304 e. The minimum absolute atomic E-state index is 0.169. The third-order valence-electron chi connectivity index (χ3n) is 1.08. The molecule has 0 unspecified atom stereocenters. The van der Waals surface area contributed by atoms with Crippen molar-refractivity contribution in [2.75, 3.05) is 5.75 Å². The molecule has 1 heterocycles. The summed E-state index contributed by atoms with van der Waals surface area (Å²) in [5.41, 5.74) is 0. The van der Waals surface area contributed by atoms with E-state index in [1.54, 1.807) is 0 Å². The molecule has 1 aromatic rings. The van der Waals surface area contributed by atoms with Crippen LogP contribution in [0.4, 0.5) is 0 Å². The number of H-pyrrole nitrogens is 1. The maximum absolute atomic E-state index is 10.1. The summed E-state index contributed by atoms with van der Waals surface area (Å²) in [6.45, 7) is 0. The van der Waals surface area contributed by atoms with Gasteiger partial charge in [-0.3, -0.25) is 4.79 Å². The molecule has 66 valence electrons. The van der Waals surface area contributed by atoms with Crippen molar-refractivity contribution in [3.8, 4) is 0 Å². The molecule has 0 saturated carbocycles. The molecular weight excluding hydrogens is 180 g/mol. The number of carbonyl (C=O) groups is 1. The number of rotatable bonds is 5. The van der Waals surface area contributed by atoms with Gasteiger partial charge in [0.15, 0.2) is 5.82 Å². The molecule has 0 bridgehead atoms. The van der Waals surface area contributed by atoms with Crippen molar-refractivity contribution in [2.45, 2.75) is 12.2 Å². The van der Waals surface area contributed by atoms with E-state index >= 15 is 0 Å². The summed E-state index contributed by atoms with van der Waals surface area (Å²) >= 11 is 1.47. The van der Waals surface area contributed by atoms with Crippen molar-refractivity contribution >= 4 is 17.7 Å². The van der Waals surface area contributed by atoms with E-state index in [9.17, 15) is 4.79 Å². The van der Waals surface area contributed by atoms with Crippen LogP contribution in [0.5, 0.6) is 0 Å². The van der Waals surface area contributed by atoms with Crippen molar-refractivity contribution < 1.29 is 9.90 Å². The fourth-order valence-electron chi connectivity index (χ4n) is 0.567. The fraction of sp³-hybridized carbons (Fsp3) is 0.600. The second-order valence-electron chi connectivity index (χ2n) is 2.02. The molecule has 1 aromatic heterocycles. The molecule has 0 fully saturated rings. The van der Waals surface area contributed by atoms with Gasteiger partial charge in [0.1, 0.15) is 0 Å². The van der Waals surface area contributed by atoms with Gasteiger partial charge in [0.25, 0.3) is 0 Å². The predicted molar refractivity (Wildman–Crippen MR) is 42.6 cm³/mol. The number of thioether (sulfide) groups is 1. The number of carboxylic acid groups (broad SMARTS) is 1. The van der Waals surface area contributed by atoms with E-state index in [2.05, 4.69) is 20.6 Å². The highest BCUT2D eigenvalue weighted by Crippen LogP contribution is 2.07. The molecule has 0 atom stereocenters. The largest absolute Gasteiger partial charge is 0.481 e. The lowest BCUT2D eigenvalue weighted by atomic mass is 10.5. The van der Waals surface area contributed by atoms with Gasteiger partial charge in [0.05, 0.1) is 12.2 Å². The van der Waals surface area contributed by atoms with Crippen LogP contribution in [-0.4, -0.2) is 37.5 Å². The van der Waals surface area contributed by atoms with Crippen LogP contribution in [0.3, 0.4) is 0 Å². The average Bonchev–Trinajstić information content (AvgIpc) is 2.49. The Morgan fingerprint density at radius 2 is 2.50 bits per heavy atom. The number of tetrazole rings is 1. The van der Waals surface area contributed by atoms with Crippen LogP contribution in [0.1, 0.15) is 12.2 Å². The molecule has 1 rings (SSSR count). The molecule has 7 heteroatoms. The molecule has 0 aromatic carbocycles. The van der Waals surface area contributed by atoms with Crippen LogP contribution in [0, 0.1) is 0 Å². The second kappa shape index (κ2) is 4.70. The van der Waals surface area contributed by atoms with E-state index in [4.69, 9.17) is 5.11 Å². The lowest BCUT2D eigenvalue weighted by molar-refractivity contribution is -0.136. The lowest BCUT2D eigenvalue weighted by Gasteiger charge is -1.93. The second-order valence-corrected chi connectivity index (χ2v) is 3.13. The van der Waals surface area contributed by atoms with Crippen LogP contribution in [0.2, 0.25) is 0 Å². The van der Waals surface area contributed by atoms with Gasteiger partial charge >= 0.3 is 5.97 Å². The van der Waals surface area contributed by atoms with Crippen molar-refractivity contribution in [1.29, 1.82) is 0 Å². The van der Waals surface area contributed by atoms with Crippen LogP contribution in [-0.2, 0) is 10.5 Å². The average molecular weight is 188 g/mol. The minimum Gasteiger partial charge on any atom is -0.481 e. The van der Waals surface area contributed by atoms with Gasteiger partial charge in [0, 0.05) is 5.75 Å². The van der Waals surface area contributed by atoms with Gasteiger partial charge in [0.2, 0.25) is 0 Å². The van der Waals surface area contributed by atoms with Gasteiger partial charge in [-0.1, -0.05) is 5.21 Å². The molecule has 2 N–H and O–H groups in total. The number of hydrogen-bond donors (Lipinski definition) is 2. The smallest absolute Gasteiger partial charge is 0.304 e. The Morgan fingerprint density at radius 3 is 3.08 bits per heavy atom. The molecule has 12 heavy (non-hydrogen) atoms. The third kappa shape index (κ3) is 3.33. The van der Waals surface area contributed by atoms with Crippen molar-refractivity contribution in [3.05, 3.63) is 5.82 Å². The van der Waals surface area contributed by atoms with Crippen LogP contribution in [0.15, 0.2) is 0 Å². The van der Waals surface area contributed by atoms with E-state index in [0.717, 1.165) is 0 Å². The van der Waals surface area contributed by atoms with E-state index in [-0.39, 0.29) is 6.42 Å². The van der Waals surface area contributed by atoms with Crippen molar-refractivity contribution in [2.24, 2.45) is 0 Å². The molecule has 0 radical (unpaired) electrons. The Kier molecular flexibility index (Phi) is 3.52. The molecular formula is C5H8N4O2S. The third-order valence-corrected chi connectivity index (χ3v) is 2.04. The molecule has 0 saturated heterocycles. The summed E-state index contributed by atoms with van der Waals surface area (Å²) in [6, 6.07) is 0. The standard InChI is InChI=1S/C5H8N4O2S/c10-5(11)1-2-12-3-4-6-8-9-7-4/h1-3H2,(H,10,11)(H,6,7,8,9). The highest BCUT2D eigenvalue weighted by Gasteiger charge is 2.00. The first-order chi connectivity index (χ1) is 5.79. The van der Waals surface area contributed by atoms with Crippen molar-refractivity contribution in [3.63, 3.8) is 0 Å². The normalized spacial score (nSPS) is 10.0. The first-order valence-corrected chi connectivity index (χ1v) is 4.46. The summed E-state index contributed by atoms with van der Waals surface area (Å²) in [7, 11) is 0. The highest BCUT2D eigenvalue weighted by molar-refractivity contribution is 7.98. The first kappa shape index (κ1) is 8.98. The molecule has 0 amide bonds. The summed E-state index contributed by atoms with van der Waals surface area (Å²) in [6.07, 6.45) is 0.169. The van der Waals surface area contributed by atoms with Crippen LogP contribution < -0.4 is 0 Å². The number of carboxylic acids is 1. The fourth-order valence-corrected chi connectivity index (χ4v) is 1.33. The number of nitrogens with zero attached hydrogens (tertiary/aromatic N) is 3. The monoisotopic (exact) mass is 188 g/mol. The zero-order chi connectivity index (χ0) is 8.81. The molecule has 0 aliphatic carbocycles. The number of hydrogen-bond acceptors (Lipinski definition) is 5. The predicted octanol–water partition coefficient (Wildman–Crippen LogP) is -0.0924. The van der Waals surface area contributed by atoms with E-state index in [0.29, 0.717) is 17.3 Å². The van der Waals surface area contributed by atoms with Gasteiger partial charge in [-0.25, -0.2) is 0 Å². The maximum atomic E-state index is 10.1. The zero-order valence-electron chi connectivity index (χ0n) is 6.23.